The number of fused-ring (bicyclic) bond motifs is 2. The Labute approximate surface area is 232 Å². The zero-order valence-electron chi connectivity index (χ0n) is 22.6. The first-order valence-electron chi connectivity index (χ1n) is 13.0. The highest BCUT2D eigenvalue weighted by Gasteiger charge is 2.44. The number of piperazine rings is 1. The number of nitrogens with one attached hydrogen (secondary N) is 1. The molecule has 206 valence electrons. The number of nitrogens with zero attached hydrogens (tertiary/aromatic N) is 7. The lowest BCUT2D eigenvalue weighted by Gasteiger charge is -2.56. The van der Waals surface area contributed by atoms with E-state index in [1.807, 2.05) is 32.2 Å². The zero-order valence-corrected chi connectivity index (χ0v) is 22.6. The number of carbonyl (C=O) groups excluding carboxylic acids is 1. The smallest absolute Gasteiger partial charge is 0.412 e. The maximum absolute atomic E-state index is 12.1. The molecule has 6 rings (SSSR count). The fourth-order valence-electron chi connectivity index (χ4n) is 5.04. The van der Waals surface area contributed by atoms with Gasteiger partial charge in [-0.15, -0.1) is 0 Å². The van der Waals surface area contributed by atoms with Gasteiger partial charge in [-0.25, -0.2) is 14.8 Å². The molecule has 3 aromatic heterocycles. The van der Waals surface area contributed by atoms with Gasteiger partial charge in [-0.1, -0.05) is 6.07 Å². The van der Waals surface area contributed by atoms with Crippen molar-refractivity contribution in [2.24, 2.45) is 5.73 Å². The molecule has 0 spiro atoms. The van der Waals surface area contributed by atoms with Crippen molar-refractivity contribution in [2.75, 3.05) is 25.1 Å². The maximum atomic E-state index is 12.1. The number of ether oxygens (including phenoxy) is 2. The minimum Gasteiger partial charge on any atom is -0.481 e. The number of amides is 1. The van der Waals surface area contributed by atoms with Crippen molar-refractivity contribution in [3.8, 4) is 29.0 Å². The lowest BCUT2D eigenvalue weighted by Crippen LogP contribution is -2.68. The van der Waals surface area contributed by atoms with E-state index in [1.165, 1.54) is 12.4 Å². The summed E-state index contributed by atoms with van der Waals surface area (Å²) in [6, 6.07) is 8.36. The highest BCUT2D eigenvalue weighted by molar-refractivity contribution is 5.84. The molecule has 2 bridgehead atoms. The Kier molecular flexibility index (Phi) is 7.75. The molecular weight excluding hydrogens is 510 g/mol. The van der Waals surface area contributed by atoms with Gasteiger partial charge in [0.15, 0.2) is 5.75 Å². The van der Waals surface area contributed by atoms with Crippen molar-refractivity contribution < 1.29 is 14.3 Å². The van der Waals surface area contributed by atoms with Crippen LogP contribution in [-0.2, 0) is 6.54 Å². The van der Waals surface area contributed by atoms with Crippen molar-refractivity contribution in [1.82, 2.24) is 30.2 Å². The van der Waals surface area contributed by atoms with Gasteiger partial charge in [0.05, 0.1) is 42.7 Å². The quantitative estimate of drug-likeness (QED) is 0.404. The first-order chi connectivity index (χ1) is 19.4. The molecule has 0 radical (unpaired) electrons. The summed E-state index contributed by atoms with van der Waals surface area (Å²) >= 11 is 0. The lowest BCUT2D eigenvalue weighted by atomic mass is 9.87. The summed E-state index contributed by atoms with van der Waals surface area (Å²) in [6.45, 7) is 6.22. The number of hydrogen-bond donors (Lipinski definition) is 2. The third-order valence-electron chi connectivity index (χ3n) is 6.98. The van der Waals surface area contributed by atoms with E-state index in [1.54, 1.807) is 25.6 Å². The van der Waals surface area contributed by atoms with Crippen LogP contribution in [0.15, 0.2) is 49.2 Å². The molecule has 40 heavy (non-hydrogen) atoms. The van der Waals surface area contributed by atoms with Gasteiger partial charge >= 0.3 is 6.09 Å². The summed E-state index contributed by atoms with van der Waals surface area (Å²) in [4.78, 5) is 34.8. The summed E-state index contributed by atoms with van der Waals surface area (Å²) in [5, 5.41) is 12.2. The van der Waals surface area contributed by atoms with Crippen LogP contribution in [0.1, 0.15) is 31.5 Å². The first-order valence-corrected chi connectivity index (χ1v) is 13.0. The molecule has 3 aliphatic rings. The van der Waals surface area contributed by atoms with E-state index in [9.17, 15) is 10.1 Å². The number of carbonyl (C=O) groups is 1. The Bertz CT molecular complexity index is 1420. The van der Waals surface area contributed by atoms with Crippen LogP contribution >= 0.6 is 0 Å². The second kappa shape index (κ2) is 11.5. The Morgan fingerprint density at radius 3 is 2.58 bits per heavy atom. The van der Waals surface area contributed by atoms with Crippen molar-refractivity contribution in [2.45, 2.75) is 44.9 Å². The molecule has 3 aromatic rings. The number of allylic oxidation sites excluding steroid dienone is 1. The average Bonchev–Trinajstić information content (AvgIpc) is 2.97. The van der Waals surface area contributed by atoms with Crippen molar-refractivity contribution in [3.05, 3.63) is 60.4 Å². The Hall–Kier alpha value is -4.76. The minimum atomic E-state index is -0.604. The predicted octanol–water partition coefficient (Wildman–Crippen LogP) is 2.73. The summed E-state index contributed by atoms with van der Waals surface area (Å²) in [5.74, 6) is 1.60. The highest BCUT2D eigenvalue weighted by atomic mass is 16.6. The van der Waals surface area contributed by atoms with Gasteiger partial charge in [0.2, 0.25) is 5.88 Å². The van der Waals surface area contributed by atoms with Crippen LogP contribution < -0.4 is 25.4 Å². The van der Waals surface area contributed by atoms with Crippen molar-refractivity contribution >= 4 is 17.5 Å². The minimum absolute atomic E-state index is 0.0877. The van der Waals surface area contributed by atoms with E-state index >= 15 is 0 Å². The topological polar surface area (TPSA) is 155 Å². The van der Waals surface area contributed by atoms with E-state index in [4.69, 9.17) is 15.2 Å². The molecule has 12 nitrogen and oxygen atoms in total. The van der Waals surface area contributed by atoms with Gasteiger partial charge in [-0.3, -0.25) is 14.9 Å². The molecule has 6 heterocycles. The highest BCUT2D eigenvalue weighted by Crippen LogP contribution is 2.36. The van der Waals surface area contributed by atoms with Crippen molar-refractivity contribution in [3.63, 3.8) is 0 Å². The van der Waals surface area contributed by atoms with E-state index < -0.39 is 6.09 Å². The second-order valence-electron chi connectivity index (χ2n) is 10.0. The van der Waals surface area contributed by atoms with Gasteiger partial charge in [-0.2, -0.15) is 5.26 Å². The molecule has 3 saturated heterocycles. The SMILES string of the molecule is COc1ccc(CN2C3CC2CN(c2cnc(-c4cc(OC(=O)NC(C)C)cnc4C(C#N)=CN)cn2)C3)cn1. The van der Waals surface area contributed by atoms with Gasteiger partial charge in [-0.05, 0) is 31.9 Å². The van der Waals surface area contributed by atoms with E-state index in [2.05, 4.69) is 41.1 Å². The summed E-state index contributed by atoms with van der Waals surface area (Å²) < 4.78 is 10.5. The Balaban J connectivity index is 1.31. The van der Waals surface area contributed by atoms with E-state index in [-0.39, 0.29) is 17.4 Å². The fourth-order valence-corrected chi connectivity index (χ4v) is 5.04. The molecular formula is C28H31N9O3. The number of aromatic nitrogens is 4. The summed E-state index contributed by atoms with van der Waals surface area (Å²) in [6.07, 6.45) is 8.33. The molecule has 3 aliphatic heterocycles. The van der Waals surface area contributed by atoms with Crippen LogP contribution in [0.3, 0.4) is 0 Å². The number of rotatable bonds is 8. The molecule has 12 heteroatoms. The number of anilines is 1. The number of methoxy groups -OCH3 is 1. The summed E-state index contributed by atoms with van der Waals surface area (Å²) in [5.41, 5.74) is 8.28. The third kappa shape index (κ3) is 5.64. The molecule has 0 aromatic carbocycles. The lowest BCUT2D eigenvalue weighted by molar-refractivity contribution is -0.00879. The summed E-state index contributed by atoms with van der Waals surface area (Å²) in [7, 11) is 1.61. The van der Waals surface area contributed by atoms with Crippen LogP contribution in [0, 0.1) is 11.3 Å². The maximum Gasteiger partial charge on any atom is 0.412 e. The molecule has 1 amide bonds. The number of pyridine rings is 2. The number of nitrogens with two attached hydrogens (primary N) is 1. The Morgan fingerprint density at radius 1 is 1.18 bits per heavy atom. The average molecular weight is 542 g/mol. The first kappa shape index (κ1) is 26.8. The van der Waals surface area contributed by atoms with E-state index in [0.717, 1.165) is 37.4 Å². The second-order valence-corrected chi connectivity index (χ2v) is 10.0. The standard InChI is InChI=1S/C28H31N9O3/c1-17(2)35-28(38)40-22-7-23(27(34-11-22)19(8-29)9-30)24-12-32-25(13-31-24)36-15-20-6-21(16-36)37(20)14-18-4-5-26(39-3)33-10-18/h4-5,7-8,10-13,17,20-21H,6,14-16,29H2,1-3H3,(H,35,38). The molecule has 0 aliphatic carbocycles. The van der Waals surface area contributed by atoms with Crippen molar-refractivity contribution in [1.29, 1.82) is 5.26 Å². The largest absolute Gasteiger partial charge is 0.481 e. The van der Waals surface area contributed by atoms with Crippen LogP contribution in [0.25, 0.3) is 16.8 Å². The molecule has 0 saturated carbocycles. The normalized spacial score (nSPS) is 18.6. The van der Waals surface area contributed by atoms with Crippen LogP contribution in [-0.4, -0.2) is 69.3 Å². The van der Waals surface area contributed by atoms with Crippen LogP contribution in [0.4, 0.5) is 10.6 Å². The van der Waals surface area contributed by atoms with Gasteiger partial charge in [0.1, 0.15) is 11.9 Å². The van der Waals surface area contributed by atoms with Gasteiger partial charge in [0, 0.05) is 61.8 Å². The Morgan fingerprint density at radius 2 is 1.98 bits per heavy atom. The number of hydrogen-bond acceptors (Lipinski definition) is 11. The van der Waals surface area contributed by atoms with Crippen LogP contribution in [0.2, 0.25) is 0 Å². The predicted molar refractivity (Wildman–Crippen MR) is 148 cm³/mol. The fraction of sp³-hybridized carbons (Fsp3) is 0.357. The molecule has 3 N–H and O–H groups in total. The third-order valence-corrected chi connectivity index (χ3v) is 6.98. The monoisotopic (exact) mass is 541 g/mol. The van der Waals surface area contributed by atoms with E-state index in [0.29, 0.717) is 34.9 Å². The molecule has 3 fully saturated rings. The van der Waals surface area contributed by atoms with Crippen LogP contribution in [0.5, 0.6) is 11.6 Å². The molecule has 2 unspecified atom stereocenters. The van der Waals surface area contributed by atoms with Gasteiger partial charge < -0.3 is 25.4 Å². The van der Waals surface area contributed by atoms with Gasteiger partial charge in [0.25, 0.3) is 0 Å². The molecule has 2 atom stereocenters. The zero-order chi connectivity index (χ0) is 28.2. The number of piperidine rings is 1. The number of nitriles is 1.